The van der Waals surface area contributed by atoms with Crippen LogP contribution in [0, 0.1) is 6.92 Å². The maximum atomic E-state index is 11.8. The highest BCUT2D eigenvalue weighted by Crippen LogP contribution is 2.36. The summed E-state index contributed by atoms with van der Waals surface area (Å²) in [6.45, 7) is 4.81. The number of anilines is 1. The molecule has 0 spiro atoms. The maximum Gasteiger partial charge on any atom is 0.480 e. The Morgan fingerprint density at radius 3 is 2.05 bits per heavy atom. The zero-order valence-corrected chi connectivity index (χ0v) is 22.3. The summed E-state index contributed by atoms with van der Waals surface area (Å²) < 4.78 is 116. The number of amides is 1. The van der Waals surface area contributed by atoms with Crippen molar-refractivity contribution in [3.05, 3.63) is 58.0 Å². The minimum Gasteiger partial charge on any atom is -0.443 e. The molecule has 0 atom stereocenters. The largest absolute Gasteiger partial charge is 0.480 e. The lowest BCUT2D eigenvalue weighted by atomic mass is 10.2. The van der Waals surface area contributed by atoms with Gasteiger partial charge >= 0.3 is 17.1 Å². The lowest BCUT2D eigenvalue weighted by molar-refractivity contribution is -0.697. The van der Waals surface area contributed by atoms with E-state index in [-0.39, 0.29) is 6.61 Å². The number of carbonyl (C=O) groups is 1. The first kappa shape index (κ1) is 34.5. The van der Waals surface area contributed by atoms with Crippen LogP contribution in [-0.4, -0.2) is 46.6 Å². The minimum atomic E-state index is -6.72. The van der Waals surface area contributed by atoms with Crippen molar-refractivity contribution in [3.8, 4) is 0 Å². The molecule has 1 amide bonds. The van der Waals surface area contributed by atoms with Gasteiger partial charge in [-0.3, -0.25) is 5.32 Å². The molecular weight excluding hydrogens is 598 g/mol. The Balaban J connectivity index is 0.000000459. The molecule has 2 rings (SSSR count). The number of isocyanates is 1. The third-order valence-corrected chi connectivity index (χ3v) is 7.22. The smallest absolute Gasteiger partial charge is 0.443 e. The van der Waals surface area contributed by atoms with Gasteiger partial charge in [0.2, 0.25) is 6.08 Å². The molecule has 0 saturated carbocycles. The van der Waals surface area contributed by atoms with Gasteiger partial charge in [0.05, 0.1) is 5.69 Å². The van der Waals surface area contributed by atoms with Gasteiger partial charge in [-0.15, -0.1) is 0 Å². The van der Waals surface area contributed by atoms with Crippen LogP contribution >= 0.6 is 0 Å². The summed E-state index contributed by atoms with van der Waals surface area (Å²) in [4.78, 5) is 25.8. The first-order chi connectivity index (χ1) is 18.3. The van der Waals surface area contributed by atoms with Crippen LogP contribution in [0.5, 0.6) is 0 Å². The zero-order chi connectivity index (χ0) is 30.8. The van der Waals surface area contributed by atoms with Gasteiger partial charge in [0.1, 0.15) is 0 Å². The molecule has 0 saturated heterocycles. The van der Waals surface area contributed by atoms with Crippen LogP contribution in [0.25, 0.3) is 4.13 Å². The third kappa shape index (κ3) is 10.9. The number of aryl methyl sites for hydroxylation is 2. The van der Waals surface area contributed by atoms with Gasteiger partial charge in [0.15, 0.2) is 45.6 Å². The summed E-state index contributed by atoms with van der Waals surface area (Å²) in [6.07, 6.45) is 7.09. The van der Waals surface area contributed by atoms with Crippen LogP contribution in [-0.2, 0) is 42.5 Å². The Morgan fingerprint density at radius 2 is 1.57 bits per heavy atom. The molecule has 1 heterocycles. The van der Waals surface area contributed by atoms with E-state index in [4.69, 9.17) is 4.74 Å². The number of hydrogen-bond donors (Lipinski definition) is 1. The Kier molecular flexibility index (Phi) is 12.2. The summed E-state index contributed by atoms with van der Waals surface area (Å²) in [7, 11) is -13.4. The standard InChI is InChI=1S/C19H21N3O3.C2F6NO4S2/c1-3-4-16-7-9-22(10-8-16)11-12-25-19(24)21-17-6-5-15(2)18(13-17)20-14-23;3-1(4,5)14(10,11)9-15(12,13)2(6,7)8/h5-10,13H,3-4,11-12H2,1-2H3;/q;-1/p+1. The molecule has 0 radical (unpaired) electrons. The van der Waals surface area contributed by atoms with Crippen molar-refractivity contribution in [1.82, 2.24) is 0 Å². The normalized spacial score (nSPS) is 12.0. The number of nitrogens with zero attached hydrogens (tertiary/aromatic N) is 3. The number of alkyl halides is 6. The van der Waals surface area contributed by atoms with Crippen LogP contribution in [0.15, 0.2) is 47.7 Å². The van der Waals surface area contributed by atoms with E-state index in [9.17, 15) is 52.8 Å². The molecule has 19 heteroatoms. The molecule has 1 aromatic heterocycles. The van der Waals surface area contributed by atoms with Crippen molar-refractivity contribution in [3.63, 3.8) is 0 Å². The molecule has 0 fully saturated rings. The summed E-state index contributed by atoms with van der Waals surface area (Å²) in [5, 5.41) is 2.62. The Bertz CT molecular complexity index is 1380. The molecule has 0 unspecified atom stereocenters. The average molecular weight is 621 g/mol. The van der Waals surface area contributed by atoms with E-state index in [0.717, 1.165) is 22.5 Å². The molecular formula is C21H22F6N4O7S2. The molecule has 40 heavy (non-hydrogen) atoms. The number of hydrogen-bond acceptors (Lipinski definition) is 8. The fourth-order valence-electron chi connectivity index (χ4n) is 2.56. The number of carbonyl (C=O) groups excluding carboxylic acids is 2. The number of ether oxygens (including phenoxy) is 1. The van der Waals surface area contributed by atoms with Crippen molar-refractivity contribution >= 4 is 43.6 Å². The highest BCUT2D eigenvalue weighted by atomic mass is 32.3. The Hall–Kier alpha value is -3.54. The third-order valence-electron chi connectivity index (χ3n) is 4.48. The van der Waals surface area contributed by atoms with Crippen molar-refractivity contribution in [2.75, 3.05) is 11.9 Å². The molecule has 1 aromatic carbocycles. The number of halogens is 6. The second-order valence-electron chi connectivity index (χ2n) is 7.58. The van der Waals surface area contributed by atoms with Gasteiger partial charge in [0, 0.05) is 17.8 Å². The van der Waals surface area contributed by atoms with Crippen LogP contribution < -0.4 is 9.88 Å². The summed E-state index contributed by atoms with van der Waals surface area (Å²) in [6, 6.07) is 9.24. The SMILES string of the molecule is CCCc1cc[n+](CCOC(=O)Nc2ccc(C)c(N=C=O)c2)cc1.O=S(=O)([N-]S(=O)(=O)C(F)(F)F)C(F)(F)F. The molecule has 0 bridgehead atoms. The monoisotopic (exact) mass is 620 g/mol. The maximum absolute atomic E-state index is 11.8. The van der Waals surface area contributed by atoms with Crippen molar-refractivity contribution in [1.29, 1.82) is 0 Å². The fraction of sp³-hybridized carbons (Fsp3) is 0.381. The van der Waals surface area contributed by atoms with Crippen LogP contribution in [0.4, 0.5) is 42.5 Å². The lowest BCUT2D eigenvalue weighted by Crippen LogP contribution is -2.36. The molecule has 222 valence electrons. The summed E-state index contributed by atoms with van der Waals surface area (Å²) >= 11 is 0. The van der Waals surface area contributed by atoms with Crippen LogP contribution in [0.1, 0.15) is 24.5 Å². The molecule has 0 aliphatic carbocycles. The van der Waals surface area contributed by atoms with E-state index in [0.29, 0.717) is 17.9 Å². The van der Waals surface area contributed by atoms with Crippen molar-refractivity contribution < 1.29 is 62.1 Å². The van der Waals surface area contributed by atoms with E-state index in [2.05, 4.69) is 29.4 Å². The average Bonchev–Trinajstić information content (AvgIpc) is 2.81. The van der Waals surface area contributed by atoms with Gasteiger partial charge in [-0.2, -0.15) is 31.3 Å². The summed E-state index contributed by atoms with van der Waals surface area (Å²) in [5.41, 5.74) is -9.30. The number of aromatic nitrogens is 1. The molecule has 11 nitrogen and oxygen atoms in total. The number of benzene rings is 1. The molecule has 0 aliphatic heterocycles. The quantitative estimate of drug-likeness (QED) is 0.187. The van der Waals surface area contributed by atoms with E-state index in [1.165, 1.54) is 11.6 Å². The zero-order valence-electron chi connectivity index (χ0n) is 20.7. The number of nitrogens with one attached hydrogen (secondary N) is 1. The van der Waals surface area contributed by atoms with Gasteiger partial charge in [-0.25, -0.2) is 31.0 Å². The number of aliphatic imine (C=N–C) groups is 1. The van der Waals surface area contributed by atoms with E-state index < -0.39 is 37.2 Å². The highest BCUT2D eigenvalue weighted by molar-refractivity contribution is 8.13. The van der Waals surface area contributed by atoms with Crippen molar-refractivity contribution in [2.45, 2.75) is 44.3 Å². The first-order valence-electron chi connectivity index (χ1n) is 10.8. The van der Waals surface area contributed by atoms with Gasteiger partial charge in [-0.1, -0.05) is 19.4 Å². The molecule has 0 aliphatic rings. The topological polar surface area (TPSA) is 154 Å². The fourth-order valence-corrected chi connectivity index (χ4v) is 4.27. The summed E-state index contributed by atoms with van der Waals surface area (Å²) in [5.74, 6) is 0. The second-order valence-corrected chi connectivity index (χ2v) is 11.0. The van der Waals surface area contributed by atoms with Crippen LogP contribution in [0.2, 0.25) is 0 Å². The van der Waals surface area contributed by atoms with Crippen LogP contribution in [0.3, 0.4) is 0 Å². The second kappa shape index (κ2) is 14.2. The van der Waals surface area contributed by atoms with E-state index in [1.54, 1.807) is 18.2 Å². The number of rotatable bonds is 9. The van der Waals surface area contributed by atoms with E-state index >= 15 is 0 Å². The predicted octanol–water partition coefficient (Wildman–Crippen LogP) is 4.51. The molecule has 1 N–H and O–H groups in total. The lowest BCUT2D eigenvalue weighted by Gasteiger charge is -2.22. The minimum absolute atomic E-state index is 0.259. The number of pyridine rings is 1. The Labute approximate surface area is 225 Å². The highest BCUT2D eigenvalue weighted by Gasteiger charge is 2.46. The first-order valence-corrected chi connectivity index (χ1v) is 13.7. The Morgan fingerprint density at radius 1 is 1.02 bits per heavy atom. The van der Waals surface area contributed by atoms with Gasteiger partial charge in [-0.05, 0) is 36.6 Å². The van der Waals surface area contributed by atoms with Crippen molar-refractivity contribution in [2.24, 2.45) is 4.99 Å². The molecule has 2 aromatic rings. The van der Waals surface area contributed by atoms with Gasteiger partial charge < -0.3 is 8.86 Å². The van der Waals surface area contributed by atoms with Gasteiger partial charge in [0.25, 0.3) is 0 Å². The predicted molar refractivity (Wildman–Crippen MR) is 128 cm³/mol. The number of sulfonamides is 2. The van der Waals surface area contributed by atoms with E-state index in [1.807, 2.05) is 23.9 Å².